The Morgan fingerprint density at radius 2 is 1.91 bits per heavy atom. The van der Waals surface area contributed by atoms with Gasteiger partial charge in [0.1, 0.15) is 17.5 Å². The van der Waals surface area contributed by atoms with Crippen LogP contribution in [-0.2, 0) is 20.8 Å². The Bertz CT molecular complexity index is 1120. The molecule has 1 aliphatic rings. The minimum absolute atomic E-state index is 0.113. The Kier molecular flexibility index (Phi) is 7.77. The number of anilines is 1. The lowest BCUT2D eigenvalue weighted by Gasteiger charge is -2.27. The van der Waals surface area contributed by atoms with Crippen molar-refractivity contribution in [3.05, 3.63) is 57.9 Å². The van der Waals surface area contributed by atoms with Gasteiger partial charge in [0.25, 0.3) is 5.91 Å². The van der Waals surface area contributed by atoms with E-state index in [2.05, 4.69) is 5.32 Å². The molecule has 0 aromatic heterocycles. The van der Waals surface area contributed by atoms with Crippen LogP contribution < -0.4 is 10.2 Å². The molecule has 2 amide bonds. The summed E-state index contributed by atoms with van der Waals surface area (Å²) < 4.78 is 25.1. The first kappa shape index (κ1) is 25.8. The molecule has 0 saturated carbocycles. The van der Waals surface area contributed by atoms with E-state index in [9.17, 15) is 14.4 Å². The fourth-order valence-corrected chi connectivity index (χ4v) is 4.74. The molecule has 0 fully saturated rings. The smallest absolute Gasteiger partial charge is 0.408 e. The number of methoxy groups -OCH3 is 1. The third-order valence-corrected chi connectivity index (χ3v) is 6.58. The fraction of sp³-hybridized carbons (Fsp3) is 0.375. The number of nitrogens with one attached hydrogen (secondary N) is 1. The van der Waals surface area contributed by atoms with Crippen molar-refractivity contribution in [2.75, 3.05) is 17.8 Å². The van der Waals surface area contributed by atoms with Crippen LogP contribution in [0.15, 0.2) is 35.2 Å². The number of thioether (sulfide) groups is 1. The number of ether oxygens (including phenoxy) is 2. The van der Waals surface area contributed by atoms with Gasteiger partial charge >= 0.3 is 12.1 Å². The molecule has 2 aromatic rings. The molecule has 1 N–H and O–H groups in total. The highest BCUT2D eigenvalue weighted by molar-refractivity contribution is 7.99. The number of esters is 1. The van der Waals surface area contributed by atoms with Crippen molar-refractivity contribution in [2.24, 2.45) is 0 Å². The molecule has 0 bridgehead atoms. The van der Waals surface area contributed by atoms with Gasteiger partial charge in [0, 0.05) is 21.2 Å². The van der Waals surface area contributed by atoms with E-state index in [0.717, 1.165) is 12.7 Å². The highest BCUT2D eigenvalue weighted by Crippen LogP contribution is 2.40. The highest BCUT2D eigenvalue weighted by Gasteiger charge is 2.35. The number of fused-ring (bicyclic) bond motifs is 1. The van der Waals surface area contributed by atoms with Crippen molar-refractivity contribution in [1.82, 2.24) is 5.32 Å². The van der Waals surface area contributed by atoms with Crippen LogP contribution in [0.4, 0.5) is 14.9 Å². The summed E-state index contributed by atoms with van der Waals surface area (Å²) in [7, 11) is 1.16. The number of alkyl carbamates (subject to hydrolysis) is 1. The number of hydrogen-bond acceptors (Lipinski definition) is 6. The lowest BCUT2D eigenvalue weighted by Crippen LogP contribution is -2.50. The third-order valence-electron chi connectivity index (χ3n) is 5.02. The second-order valence-corrected chi connectivity index (χ2v) is 10.2. The molecule has 34 heavy (non-hydrogen) atoms. The SMILES string of the molecule is COC(=O)c1cc2c(c(C)c1F)SC[C@H](NC(=O)OC(C)(C)C)C(=O)N2Cc1ccc(Cl)cc1. The summed E-state index contributed by atoms with van der Waals surface area (Å²) in [5.41, 5.74) is 0.319. The Labute approximate surface area is 206 Å². The van der Waals surface area contributed by atoms with E-state index >= 15 is 4.39 Å². The maximum absolute atomic E-state index is 15.0. The van der Waals surface area contributed by atoms with E-state index < -0.39 is 35.4 Å². The maximum atomic E-state index is 15.0. The Balaban J connectivity index is 2.07. The quantitative estimate of drug-likeness (QED) is 0.578. The largest absolute Gasteiger partial charge is 0.465 e. The Morgan fingerprint density at radius 3 is 2.50 bits per heavy atom. The molecule has 3 rings (SSSR count). The number of amides is 2. The van der Waals surface area contributed by atoms with Crippen LogP contribution in [0.25, 0.3) is 0 Å². The lowest BCUT2D eigenvalue weighted by atomic mass is 10.1. The number of carbonyl (C=O) groups excluding carboxylic acids is 3. The molecule has 0 radical (unpaired) electrons. The zero-order valence-electron chi connectivity index (χ0n) is 19.5. The second-order valence-electron chi connectivity index (χ2n) is 8.76. The number of halogens is 2. The van der Waals surface area contributed by atoms with Crippen molar-refractivity contribution >= 4 is 47.0 Å². The summed E-state index contributed by atoms with van der Waals surface area (Å²) in [6, 6.07) is 7.30. The van der Waals surface area contributed by atoms with E-state index in [1.54, 1.807) is 52.0 Å². The van der Waals surface area contributed by atoms with E-state index in [4.69, 9.17) is 21.1 Å². The summed E-state index contributed by atoms with van der Waals surface area (Å²) >= 11 is 7.22. The second kappa shape index (κ2) is 10.2. The molecule has 1 aliphatic heterocycles. The summed E-state index contributed by atoms with van der Waals surface area (Å²) in [6.45, 7) is 6.82. The summed E-state index contributed by atoms with van der Waals surface area (Å²) in [4.78, 5) is 40.2. The summed E-state index contributed by atoms with van der Waals surface area (Å²) in [5.74, 6) is -1.83. The minimum Gasteiger partial charge on any atom is -0.465 e. The predicted octanol–water partition coefficient (Wildman–Crippen LogP) is 5.11. The van der Waals surface area contributed by atoms with Gasteiger partial charge in [-0.05, 0) is 51.5 Å². The first-order chi connectivity index (χ1) is 15.9. The van der Waals surface area contributed by atoms with Gasteiger partial charge in [-0.3, -0.25) is 4.79 Å². The minimum atomic E-state index is -0.941. The monoisotopic (exact) mass is 508 g/mol. The molecular weight excluding hydrogens is 483 g/mol. The zero-order chi connectivity index (χ0) is 25.2. The molecule has 1 atom stereocenters. The highest BCUT2D eigenvalue weighted by atomic mass is 35.5. The van der Waals surface area contributed by atoms with Crippen molar-refractivity contribution in [3.8, 4) is 0 Å². The van der Waals surface area contributed by atoms with Gasteiger partial charge in [0.15, 0.2) is 0 Å². The number of rotatable bonds is 4. The normalized spacial score (nSPS) is 15.9. The van der Waals surface area contributed by atoms with Crippen molar-refractivity contribution in [3.63, 3.8) is 0 Å². The standard InChI is InChI=1S/C24H26ClFN2O5S/c1-13-19(26)16(22(30)32-5)10-18-20(13)34-12-17(27-23(31)33-24(2,3)4)21(29)28(18)11-14-6-8-15(25)9-7-14/h6-10,17H,11-12H2,1-5H3,(H,27,31)/t17-/m0/s1. The number of benzene rings is 2. The molecule has 182 valence electrons. The van der Waals surface area contributed by atoms with Gasteiger partial charge in [-0.1, -0.05) is 23.7 Å². The van der Waals surface area contributed by atoms with E-state index in [1.165, 1.54) is 22.7 Å². The van der Waals surface area contributed by atoms with Crippen molar-refractivity contribution in [1.29, 1.82) is 0 Å². The molecule has 10 heteroatoms. The van der Waals surface area contributed by atoms with Gasteiger partial charge in [-0.2, -0.15) is 0 Å². The molecule has 0 spiro atoms. The predicted molar refractivity (Wildman–Crippen MR) is 129 cm³/mol. The van der Waals surface area contributed by atoms with E-state index in [0.29, 0.717) is 15.6 Å². The average Bonchev–Trinajstić information content (AvgIpc) is 2.88. The van der Waals surface area contributed by atoms with E-state index in [1.807, 2.05) is 0 Å². The van der Waals surface area contributed by atoms with Crippen LogP contribution in [-0.4, -0.2) is 42.5 Å². The summed E-state index contributed by atoms with van der Waals surface area (Å²) in [5, 5.41) is 3.17. The molecule has 0 saturated heterocycles. The first-order valence-corrected chi connectivity index (χ1v) is 11.9. The third kappa shape index (κ3) is 5.82. The molecule has 1 heterocycles. The van der Waals surface area contributed by atoms with Crippen LogP contribution in [0.2, 0.25) is 5.02 Å². The molecule has 0 unspecified atom stereocenters. The van der Waals surface area contributed by atoms with Gasteiger partial charge in [0.05, 0.1) is 24.9 Å². The van der Waals surface area contributed by atoms with Crippen molar-refractivity contribution in [2.45, 2.75) is 50.8 Å². The van der Waals surface area contributed by atoms with Gasteiger partial charge in [-0.15, -0.1) is 11.8 Å². The zero-order valence-corrected chi connectivity index (χ0v) is 21.1. The topological polar surface area (TPSA) is 84.9 Å². The molecule has 0 aliphatic carbocycles. The van der Waals surface area contributed by atoms with E-state index in [-0.39, 0.29) is 23.4 Å². The van der Waals surface area contributed by atoms with Crippen LogP contribution in [0.5, 0.6) is 0 Å². The maximum Gasteiger partial charge on any atom is 0.408 e. The first-order valence-electron chi connectivity index (χ1n) is 10.5. The van der Waals surface area contributed by atoms with Gasteiger partial charge < -0.3 is 19.7 Å². The number of hydrogen-bond donors (Lipinski definition) is 1. The van der Waals surface area contributed by atoms with Crippen LogP contribution >= 0.6 is 23.4 Å². The Morgan fingerprint density at radius 1 is 1.26 bits per heavy atom. The fourth-order valence-electron chi connectivity index (χ4n) is 3.43. The molecule has 2 aromatic carbocycles. The van der Waals surface area contributed by atoms with Crippen molar-refractivity contribution < 1.29 is 28.2 Å². The Hall–Kier alpha value is -2.78. The summed E-state index contributed by atoms with van der Waals surface area (Å²) in [6.07, 6.45) is -0.734. The van der Waals surface area contributed by atoms with Crippen LogP contribution in [0.1, 0.15) is 42.3 Å². The van der Waals surface area contributed by atoms with Gasteiger partial charge in [0.2, 0.25) is 0 Å². The molecule has 7 nitrogen and oxygen atoms in total. The van der Waals surface area contributed by atoms with Crippen LogP contribution in [0.3, 0.4) is 0 Å². The average molecular weight is 509 g/mol. The number of nitrogens with zero attached hydrogens (tertiary/aromatic N) is 1. The van der Waals surface area contributed by atoms with Gasteiger partial charge in [-0.25, -0.2) is 14.0 Å². The lowest BCUT2D eigenvalue weighted by molar-refractivity contribution is -0.120. The molecular formula is C24H26ClFN2O5S. The number of carbonyl (C=O) groups is 3. The van der Waals surface area contributed by atoms with Crippen LogP contribution in [0, 0.1) is 12.7 Å².